The molecule has 4 heteroatoms. The molecule has 0 aromatic heterocycles. The van der Waals surface area contributed by atoms with Gasteiger partial charge in [0.2, 0.25) is 0 Å². The third kappa shape index (κ3) is 3.20. The Morgan fingerprint density at radius 2 is 1.52 bits per heavy atom. The summed E-state index contributed by atoms with van der Waals surface area (Å²) >= 11 is 0. The van der Waals surface area contributed by atoms with Gasteiger partial charge in [-0.05, 0) is 79.1 Å². The van der Waals surface area contributed by atoms with Gasteiger partial charge >= 0.3 is 6.18 Å². The predicted molar refractivity (Wildman–Crippen MR) is 92.7 cm³/mol. The fraction of sp³-hybridized carbons (Fsp3) is 0.429. The Balaban J connectivity index is 1.83. The zero-order valence-corrected chi connectivity index (χ0v) is 14.1. The molecule has 2 aliphatic rings. The smallest absolute Gasteiger partial charge is 0.317 e. The Morgan fingerprint density at radius 3 is 2.28 bits per heavy atom. The van der Waals surface area contributed by atoms with Gasteiger partial charge < -0.3 is 5.32 Å². The minimum absolute atomic E-state index is 0.207. The summed E-state index contributed by atoms with van der Waals surface area (Å²) < 4.78 is 39.5. The summed E-state index contributed by atoms with van der Waals surface area (Å²) in [5.41, 5.74) is 4.05. The molecule has 1 saturated heterocycles. The van der Waals surface area contributed by atoms with Crippen molar-refractivity contribution in [2.45, 2.75) is 37.8 Å². The van der Waals surface area contributed by atoms with Crippen LogP contribution < -0.4 is 5.32 Å². The number of rotatable bonds is 1. The molecule has 1 heterocycles. The van der Waals surface area contributed by atoms with Crippen LogP contribution in [0.2, 0.25) is 0 Å². The molecule has 132 valence electrons. The van der Waals surface area contributed by atoms with Gasteiger partial charge in [0.1, 0.15) is 0 Å². The van der Waals surface area contributed by atoms with Gasteiger partial charge in [0, 0.05) is 5.92 Å². The highest BCUT2D eigenvalue weighted by Crippen LogP contribution is 2.43. The largest absolute Gasteiger partial charge is 0.416 e. The van der Waals surface area contributed by atoms with Crippen LogP contribution in [0.15, 0.2) is 42.5 Å². The maximum absolute atomic E-state index is 13.2. The highest BCUT2D eigenvalue weighted by Gasteiger charge is 2.35. The lowest BCUT2D eigenvalue weighted by Gasteiger charge is -2.32. The van der Waals surface area contributed by atoms with Gasteiger partial charge in [0.25, 0.3) is 0 Å². The number of hydrogen-bond donors (Lipinski definition) is 1. The van der Waals surface area contributed by atoms with Crippen LogP contribution in [0.1, 0.15) is 46.6 Å². The Bertz CT molecular complexity index is 760. The van der Waals surface area contributed by atoms with Gasteiger partial charge in [-0.2, -0.15) is 13.2 Å². The van der Waals surface area contributed by atoms with E-state index in [4.69, 9.17) is 0 Å². The molecule has 25 heavy (non-hydrogen) atoms. The highest BCUT2D eigenvalue weighted by atomic mass is 19.4. The van der Waals surface area contributed by atoms with Crippen molar-refractivity contribution in [2.75, 3.05) is 13.1 Å². The summed E-state index contributed by atoms with van der Waals surface area (Å²) in [5, 5.41) is 3.40. The molecule has 1 aliphatic carbocycles. The van der Waals surface area contributed by atoms with Gasteiger partial charge in [-0.15, -0.1) is 0 Å². The first-order valence-electron chi connectivity index (χ1n) is 9.02. The topological polar surface area (TPSA) is 12.0 Å². The van der Waals surface area contributed by atoms with Crippen LogP contribution in [-0.4, -0.2) is 13.1 Å². The summed E-state index contributed by atoms with van der Waals surface area (Å²) in [6.45, 7) is 1.97. The van der Waals surface area contributed by atoms with Crippen molar-refractivity contribution < 1.29 is 13.2 Å². The summed E-state index contributed by atoms with van der Waals surface area (Å²) in [7, 11) is 0. The maximum Gasteiger partial charge on any atom is 0.416 e. The van der Waals surface area contributed by atoms with Crippen LogP contribution in [0.5, 0.6) is 0 Å². The van der Waals surface area contributed by atoms with Crippen LogP contribution >= 0.6 is 0 Å². The van der Waals surface area contributed by atoms with E-state index >= 15 is 0 Å². The monoisotopic (exact) mass is 345 g/mol. The number of halogens is 3. The molecule has 0 saturated carbocycles. The normalized spacial score (nSPS) is 21.3. The van der Waals surface area contributed by atoms with Gasteiger partial charge in [-0.25, -0.2) is 0 Å². The summed E-state index contributed by atoms with van der Waals surface area (Å²) in [6, 6.07) is 12.8. The third-order valence-electron chi connectivity index (χ3n) is 5.71. The molecule has 1 N–H and O–H groups in total. The summed E-state index contributed by atoms with van der Waals surface area (Å²) in [5.74, 6) is 0.689. The minimum Gasteiger partial charge on any atom is -0.317 e. The van der Waals surface area contributed by atoms with Crippen LogP contribution in [0.4, 0.5) is 13.2 Å². The molecule has 1 nitrogen and oxygen atoms in total. The molecule has 1 atom stereocenters. The zero-order valence-electron chi connectivity index (χ0n) is 14.1. The Kier molecular flexibility index (Phi) is 4.32. The molecule has 0 spiro atoms. The lowest BCUT2D eigenvalue weighted by molar-refractivity contribution is -0.137. The van der Waals surface area contributed by atoms with E-state index < -0.39 is 11.7 Å². The summed E-state index contributed by atoms with van der Waals surface area (Å²) in [6.07, 6.45) is -0.652. The molecular weight excluding hydrogens is 323 g/mol. The van der Waals surface area contributed by atoms with Crippen molar-refractivity contribution in [2.24, 2.45) is 5.92 Å². The Hall–Kier alpha value is -1.81. The first kappa shape index (κ1) is 16.6. The number of piperidine rings is 1. The zero-order chi connectivity index (χ0) is 17.4. The quantitative estimate of drug-likeness (QED) is 0.772. The maximum atomic E-state index is 13.2. The van der Waals surface area contributed by atoms with Crippen molar-refractivity contribution >= 4 is 0 Å². The predicted octanol–water partition coefficient (Wildman–Crippen LogP) is 4.94. The molecule has 4 rings (SSSR count). The van der Waals surface area contributed by atoms with Crippen molar-refractivity contribution in [3.8, 4) is 0 Å². The fourth-order valence-electron chi connectivity index (χ4n) is 4.49. The van der Waals surface area contributed by atoms with Crippen LogP contribution in [0.25, 0.3) is 0 Å². The Morgan fingerprint density at radius 1 is 0.840 bits per heavy atom. The molecule has 1 unspecified atom stereocenters. The van der Waals surface area contributed by atoms with Gasteiger partial charge in [0.05, 0.1) is 5.56 Å². The van der Waals surface area contributed by atoms with Crippen LogP contribution in [0, 0.1) is 5.92 Å². The van der Waals surface area contributed by atoms with E-state index in [0.29, 0.717) is 12.3 Å². The molecular formula is C21H22F3N. The van der Waals surface area contributed by atoms with E-state index in [1.807, 2.05) is 6.07 Å². The molecule has 0 amide bonds. The number of hydrogen-bond acceptors (Lipinski definition) is 1. The van der Waals surface area contributed by atoms with Gasteiger partial charge in [-0.3, -0.25) is 0 Å². The van der Waals surface area contributed by atoms with Crippen molar-refractivity contribution in [3.05, 3.63) is 70.3 Å². The SMILES string of the molecule is FC(F)(F)c1ccc2c(c1)CCc1ccccc1C2C1CCNCC1. The number of fused-ring (bicyclic) bond motifs is 2. The second-order valence-electron chi connectivity index (χ2n) is 7.18. The molecule has 1 fully saturated rings. The lowest BCUT2D eigenvalue weighted by Crippen LogP contribution is -2.31. The molecule has 0 bridgehead atoms. The molecule has 2 aromatic carbocycles. The molecule has 1 aliphatic heterocycles. The average molecular weight is 345 g/mol. The van der Waals surface area contributed by atoms with Crippen LogP contribution in [-0.2, 0) is 19.0 Å². The van der Waals surface area contributed by atoms with Crippen LogP contribution in [0.3, 0.4) is 0 Å². The minimum atomic E-state index is -4.28. The fourth-order valence-corrected chi connectivity index (χ4v) is 4.49. The van der Waals surface area contributed by atoms with E-state index in [9.17, 15) is 13.2 Å². The van der Waals surface area contributed by atoms with E-state index in [1.165, 1.54) is 23.3 Å². The third-order valence-corrected chi connectivity index (χ3v) is 5.71. The number of aryl methyl sites for hydroxylation is 2. The van der Waals surface area contributed by atoms with Gasteiger partial charge in [0.15, 0.2) is 0 Å². The first-order chi connectivity index (χ1) is 12.0. The van der Waals surface area contributed by atoms with E-state index in [-0.39, 0.29) is 5.92 Å². The van der Waals surface area contributed by atoms with Crippen molar-refractivity contribution in [1.82, 2.24) is 5.32 Å². The van der Waals surface area contributed by atoms with E-state index in [0.717, 1.165) is 43.5 Å². The highest BCUT2D eigenvalue weighted by molar-refractivity contribution is 5.47. The average Bonchev–Trinajstić information content (AvgIpc) is 2.78. The van der Waals surface area contributed by atoms with E-state index in [1.54, 1.807) is 6.07 Å². The summed E-state index contributed by atoms with van der Waals surface area (Å²) in [4.78, 5) is 0. The van der Waals surface area contributed by atoms with Crippen molar-refractivity contribution in [1.29, 1.82) is 0 Å². The number of benzene rings is 2. The molecule has 2 aromatic rings. The number of alkyl halides is 3. The second kappa shape index (κ2) is 6.49. The van der Waals surface area contributed by atoms with E-state index in [2.05, 4.69) is 23.5 Å². The number of nitrogens with one attached hydrogen (secondary N) is 1. The first-order valence-corrected chi connectivity index (χ1v) is 9.02. The Labute approximate surface area is 146 Å². The lowest BCUT2D eigenvalue weighted by atomic mass is 9.75. The standard InChI is InChI=1S/C21H22F3N/c22-21(23,24)17-7-8-19-16(13-17)6-5-14-3-1-2-4-18(14)20(19)15-9-11-25-12-10-15/h1-4,7-8,13,15,20,25H,5-6,9-12H2. The van der Waals surface area contributed by atoms with Crippen molar-refractivity contribution in [3.63, 3.8) is 0 Å². The van der Waals surface area contributed by atoms with Gasteiger partial charge in [-0.1, -0.05) is 30.3 Å². The second-order valence-corrected chi connectivity index (χ2v) is 7.18. The molecule has 0 radical (unpaired) electrons.